The average Bonchev–Trinajstić information content (AvgIpc) is 3.34. The lowest BCUT2D eigenvalue weighted by Gasteiger charge is -2.37. The standard InChI is InChI=1S/C26H35N7O4/c1-26(36-3)10-4-6-17(15-26)29-24(34)19-16-28-33-22(27-2)14-21(31-23(19)33)30-20-7-5-11-32(25(20)35)18-8-12-37-13-9-18/h5,7,11,14,16-18,27H,4,6,8-10,12-13,15H2,1-3H3,(H,29,34)(H,30,31)/t17-,26-/m0/s1. The first-order valence-electron chi connectivity index (χ1n) is 12.9. The van der Waals surface area contributed by atoms with E-state index >= 15 is 0 Å². The van der Waals surface area contributed by atoms with E-state index in [9.17, 15) is 9.59 Å². The molecule has 1 aliphatic carbocycles. The molecule has 1 amide bonds. The van der Waals surface area contributed by atoms with E-state index in [-0.39, 0.29) is 29.2 Å². The fourth-order valence-corrected chi connectivity index (χ4v) is 5.38. The van der Waals surface area contributed by atoms with Crippen molar-refractivity contribution in [3.63, 3.8) is 0 Å². The summed E-state index contributed by atoms with van der Waals surface area (Å²) in [4.78, 5) is 31.2. The highest BCUT2D eigenvalue weighted by Crippen LogP contribution is 2.31. The van der Waals surface area contributed by atoms with Gasteiger partial charge in [-0.05, 0) is 57.6 Å². The van der Waals surface area contributed by atoms with Gasteiger partial charge < -0.3 is 30.0 Å². The first-order valence-corrected chi connectivity index (χ1v) is 12.9. The van der Waals surface area contributed by atoms with Crippen LogP contribution in [0.5, 0.6) is 0 Å². The third kappa shape index (κ3) is 5.19. The molecule has 0 spiro atoms. The van der Waals surface area contributed by atoms with Crippen LogP contribution in [-0.2, 0) is 9.47 Å². The van der Waals surface area contributed by atoms with E-state index in [1.54, 1.807) is 35.4 Å². The van der Waals surface area contributed by atoms with Crippen LogP contribution in [0.1, 0.15) is 61.8 Å². The third-order valence-electron chi connectivity index (χ3n) is 7.56. The summed E-state index contributed by atoms with van der Waals surface area (Å²) in [6.07, 6.45) is 8.57. The van der Waals surface area contributed by atoms with E-state index in [0.29, 0.717) is 41.7 Å². The van der Waals surface area contributed by atoms with E-state index in [1.165, 1.54) is 6.20 Å². The monoisotopic (exact) mass is 509 g/mol. The minimum atomic E-state index is -0.237. The molecule has 0 radical (unpaired) electrons. The Labute approximate surface area is 215 Å². The van der Waals surface area contributed by atoms with Crippen LogP contribution in [0.3, 0.4) is 0 Å². The number of hydrogen-bond acceptors (Lipinski definition) is 8. The number of methoxy groups -OCH3 is 1. The van der Waals surface area contributed by atoms with Gasteiger partial charge in [0.25, 0.3) is 11.5 Å². The zero-order valence-corrected chi connectivity index (χ0v) is 21.6. The molecule has 1 saturated carbocycles. The van der Waals surface area contributed by atoms with Crippen LogP contribution in [0, 0.1) is 0 Å². The van der Waals surface area contributed by atoms with Crippen LogP contribution in [0.4, 0.5) is 17.3 Å². The van der Waals surface area contributed by atoms with Gasteiger partial charge in [-0.1, -0.05) is 0 Å². The molecule has 2 fully saturated rings. The quantitative estimate of drug-likeness (QED) is 0.444. The molecule has 3 aromatic heterocycles. The Morgan fingerprint density at radius 3 is 2.84 bits per heavy atom. The Morgan fingerprint density at radius 2 is 2.08 bits per heavy atom. The van der Waals surface area contributed by atoms with Gasteiger partial charge in [-0.15, -0.1) is 0 Å². The summed E-state index contributed by atoms with van der Waals surface area (Å²) in [5, 5.41) is 13.8. The van der Waals surface area contributed by atoms with E-state index in [0.717, 1.165) is 38.5 Å². The van der Waals surface area contributed by atoms with E-state index in [1.807, 2.05) is 12.3 Å². The molecule has 198 valence electrons. The zero-order chi connectivity index (χ0) is 26.0. The van der Waals surface area contributed by atoms with Crippen molar-refractivity contribution >= 4 is 28.9 Å². The van der Waals surface area contributed by atoms with Crippen molar-refractivity contribution in [3.8, 4) is 0 Å². The third-order valence-corrected chi connectivity index (χ3v) is 7.56. The summed E-state index contributed by atoms with van der Waals surface area (Å²) < 4.78 is 14.5. The predicted molar refractivity (Wildman–Crippen MR) is 141 cm³/mol. The van der Waals surface area contributed by atoms with Gasteiger partial charge >= 0.3 is 0 Å². The fraction of sp³-hybridized carbons (Fsp3) is 0.538. The van der Waals surface area contributed by atoms with Crippen molar-refractivity contribution < 1.29 is 14.3 Å². The number of nitrogens with zero attached hydrogens (tertiary/aromatic N) is 4. The Hall–Kier alpha value is -3.44. The van der Waals surface area contributed by atoms with Gasteiger partial charge in [0.1, 0.15) is 22.9 Å². The molecule has 37 heavy (non-hydrogen) atoms. The van der Waals surface area contributed by atoms with Crippen LogP contribution in [0.15, 0.2) is 35.4 Å². The number of amides is 1. The lowest BCUT2D eigenvalue weighted by molar-refractivity contribution is -0.0314. The van der Waals surface area contributed by atoms with Crippen molar-refractivity contribution in [3.05, 3.63) is 46.5 Å². The molecule has 0 unspecified atom stereocenters. The number of carbonyl (C=O) groups excluding carboxylic acids is 1. The smallest absolute Gasteiger partial charge is 0.274 e. The van der Waals surface area contributed by atoms with Crippen LogP contribution in [0.2, 0.25) is 0 Å². The molecule has 11 nitrogen and oxygen atoms in total. The highest BCUT2D eigenvalue weighted by atomic mass is 16.5. The van der Waals surface area contributed by atoms with Gasteiger partial charge in [0.15, 0.2) is 5.65 Å². The summed E-state index contributed by atoms with van der Waals surface area (Å²) in [7, 11) is 3.49. The number of carbonyl (C=O) groups is 1. The van der Waals surface area contributed by atoms with Gasteiger partial charge in [0.05, 0.1) is 11.8 Å². The highest BCUT2D eigenvalue weighted by molar-refractivity contribution is 6.00. The number of ether oxygens (including phenoxy) is 2. The van der Waals surface area contributed by atoms with Gasteiger partial charge in [0, 0.05) is 51.7 Å². The van der Waals surface area contributed by atoms with Gasteiger partial charge in [-0.2, -0.15) is 9.61 Å². The minimum absolute atomic E-state index is 0.0131. The predicted octanol–water partition coefficient (Wildman–Crippen LogP) is 3.11. The average molecular weight is 510 g/mol. The summed E-state index contributed by atoms with van der Waals surface area (Å²) >= 11 is 0. The SMILES string of the molecule is CNc1cc(Nc2cccn(C3CCOCC3)c2=O)nc2c(C(=O)N[C@H]3CCC[C@](C)(OC)C3)cnn12. The molecule has 11 heteroatoms. The minimum Gasteiger partial charge on any atom is -0.381 e. The van der Waals surface area contributed by atoms with Gasteiger partial charge in [-0.3, -0.25) is 9.59 Å². The fourth-order valence-electron chi connectivity index (χ4n) is 5.38. The van der Waals surface area contributed by atoms with Crippen molar-refractivity contribution in [2.24, 2.45) is 0 Å². The second kappa shape index (κ2) is 10.5. The number of pyridine rings is 1. The molecule has 0 bridgehead atoms. The Morgan fingerprint density at radius 1 is 1.27 bits per heavy atom. The van der Waals surface area contributed by atoms with Crippen molar-refractivity contribution in [1.29, 1.82) is 0 Å². The Kier molecular flexibility index (Phi) is 7.16. The summed E-state index contributed by atoms with van der Waals surface area (Å²) in [5.41, 5.74) is 0.834. The summed E-state index contributed by atoms with van der Waals surface area (Å²) in [5.74, 6) is 0.850. The van der Waals surface area contributed by atoms with Gasteiger partial charge in [0.2, 0.25) is 0 Å². The molecule has 2 aliphatic rings. The molecular formula is C26H35N7O4. The second-order valence-corrected chi connectivity index (χ2v) is 10.1. The number of rotatable bonds is 7. The molecule has 2 atom stereocenters. The van der Waals surface area contributed by atoms with Crippen molar-refractivity contribution in [2.75, 3.05) is 38.0 Å². The molecule has 1 aliphatic heterocycles. The maximum absolute atomic E-state index is 13.3. The molecule has 1 saturated heterocycles. The number of fused-ring (bicyclic) bond motifs is 1. The number of hydrogen-bond donors (Lipinski definition) is 3. The van der Waals surface area contributed by atoms with E-state index in [4.69, 9.17) is 9.47 Å². The van der Waals surface area contributed by atoms with Gasteiger partial charge in [-0.25, -0.2) is 4.98 Å². The van der Waals surface area contributed by atoms with Crippen LogP contribution in [-0.4, -0.2) is 64.1 Å². The molecular weight excluding hydrogens is 474 g/mol. The van der Waals surface area contributed by atoms with Crippen molar-refractivity contribution in [2.45, 2.75) is 63.1 Å². The lowest BCUT2D eigenvalue weighted by atomic mass is 9.83. The Bertz CT molecular complexity index is 1330. The largest absolute Gasteiger partial charge is 0.381 e. The maximum Gasteiger partial charge on any atom is 0.274 e. The zero-order valence-electron chi connectivity index (χ0n) is 21.6. The van der Waals surface area contributed by atoms with Crippen molar-refractivity contribution in [1.82, 2.24) is 24.5 Å². The number of anilines is 3. The topological polar surface area (TPSA) is 124 Å². The molecule has 4 heterocycles. The summed E-state index contributed by atoms with van der Waals surface area (Å²) in [6, 6.07) is 5.48. The first-order chi connectivity index (χ1) is 17.9. The van der Waals surface area contributed by atoms with Crippen LogP contribution >= 0.6 is 0 Å². The van der Waals surface area contributed by atoms with Crippen LogP contribution in [0.25, 0.3) is 5.65 Å². The number of aromatic nitrogens is 4. The second-order valence-electron chi connectivity index (χ2n) is 10.1. The highest BCUT2D eigenvalue weighted by Gasteiger charge is 2.33. The molecule has 3 aromatic rings. The first kappa shape index (κ1) is 25.2. The number of nitrogens with one attached hydrogen (secondary N) is 3. The molecule has 0 aromatic carbocycles. The van der Waals surface area contributed by atoms with Crippen LogP contribution < -0.4 is 21.5 Å². The Balaban J connectivity index is 1.42. The van der Waals surface area contributed by atoms with E-state index in [2.05, 4.69) is 33.0 Å². The normalized spacial score (nSPS) is 22.6. The molecule has 3 N–H and O–H groups in total. The lowest BCUT2D eigenvalue weighted by Crippen LogP contribution is -2.45. The maximum atomic E-state index is 13.3. The molecule has 5 rings (SSSR count). The van der Waals surface area contributed by atoms with E-state index < -0.39 is 0 Å². The summed E-state index contributed by atoms with van der Waals surface area (Å²) in [6.45, 7) is 3.38.